The van der Waals surface area contributed by atoms with E-state index in [4.69, 9.17) is 28.4 Å². The molecule has 0 bridgehead atoms. The molecule has 19 heteroatoms. The minimum absolute atomic E-state index is 0.244. The first-order valence-electron chi connectivity index (χ1n) is 34.0. The van der Waals surface area contributed by atoms with Gasteiger partial charge in [-0.2, -0.15) is 0 Å². The summed E-state index contributed by atoms with van der Waals surface area (Å²) < 4.78 is 34.2. The van der Waals surface area contributed by atoms with Crippen LogP contribution < -0.4 is 5.32 Å². The molecular formula is C68H121NO18. The molecule has 1 amide bonds. The van der Waals surface area contributed by atoms with E-state index in [0.717, 1.165) is 83.5 Å². The lowest BCUT2D eigenvalue weighted by atomic mass is 9.96. The Kier molecular flexibility index (Phi) is 45.3. The van der Waals surface area contributed by atoms with Gasteiger partial charge < -0.3 is 89.9 Å². The monoisotopic (exact) mass is 1240 g/mol. The molecule has 0 aromatic heterocycles. The molecule has 0 aliphatic carbocycles. The molecule has 19 nitrogen and oxygen atoms in total. The van der Waals surface area contributed by atoms with Gasteiger partial charge >= 0.3 is 0 Å². The maximum absolute atomic E-state index is 13.3. The highest BCUT2D eigenvalue weighted by atomic mass is 16.8. The second-order valence-corrected chi connectivity index (χ2v) is 24.3. The van der Waals surface area contributed by atoms with Crippen molar-refractivity contribution in [2.24, 2.45) is 0 Å². The average molecular weight is 1240 g/mol. The van der Waals surface area contributed by atoms with Gasteiger partial charge in [-0.1, -0.05) is 229 Å². The summed E-state index contributed by atoms with van der Waals surface area (Å²) in [6.45, 7) is 1.54. The number of hydrogen-bond acceptors (Lipinski definition) is 18. The second kappa shape index (κ2) is 50.1. The van der Waals surface area contributed by atoms with Crippen LogP contribution in [0.3, 0.4) is 0 Å². The first-order chi connectivity index (χ1) is 42.3. The molecule has 3 rings (SSSR count). The summed E-state index contributed by atoms with van der Waals surface area (Å²) in [4.78, 5) is 13.3. The molecule has 0 aromatic carbocycles. The molecule has 12 N–H and O–H groups in total. The molecule has 0 spiro atoms. The molecule has 17 atom stereocenters. The Hall–Kier alpha value is -2.51. The van der Waals surface area contributed by atoms with Crippen molar-refractivity contribution in [3.05, 3.63) is 60.8 Å². The number of ether oxygens (including phenoxy) is 6. The first kappa shape index (κ1) is 78.7. The fourth-order valence-electron chi connectivity index (χ4n) is 11.3. The van der Waals surface area contributed by atoms with Gasteiger partial charge in [0.05, 0.1) is 38.6 Å². The van der Waals surface area contributed by atoms with Gasteiger partial charge in [-0.3, -0.25) is 4.79 Å². The SMILES string of the molecule is CC/C=C\C/C=C\C/C=C\C/C=C\CCCCCCCCCCCCCCCCCCCCCCCCC(=O)NC(COC1OC(CO)C(OC2OC(CO)C(OC3OC(CO)C(O)C(O)C3O)C(O)C2O)C(O)C1O)C(O)/C=C/CCCCCCC. The highest BCUT2D eigenvalue weighted by molar-refractivity contribution is 5.76. The van der Waals surface area contributed by atoms with Gasteiger partial charge in [0.1, 0.15) is 73.2 Å². The number of carbonyl (C=O) groups excluding carboxylic acids is 1. The van der Waals surface area contributed by atoms with Crippen molar-refractivity contribution in [2.75, 3.05) is 26.4 Å². The van der Waals surface area contributed by atoms with Crippen molar-refractivity contribution >= 4 is 5.91 Å². The van der Waals surface area contributed by atoms with Gasteiger partial charge in [0.15, 0.2) is 18.9 Å². The number of aliphatic hydroxyl groups excluding tert-OH is 11. The first-order valence-corrected chi connectivity index (χ1v) is 34.0. The van der Waals surface area contributed by atoms with Crippen LogP contribution >= 0.6 is 0 Å². The van der Waals surface area contributed by atoms with Crippen LogP contribution in [0.25, 0.3) is 0 Å². The molecule has 3 aliphatic heterocycles. The van der Waals surface area contributed by atoms with Crippen molar-refractivity contribution in [1.29, 1.82) is 0 Å². The molecule has 3 saturated heterocycles. The van der Waals surface area contributed by atoms with Gasteiger partial charge in [0.25, 0.3) is 0 Å². The zero-order chi connectivity index (χ0) is 63.3. The zero-order valence-corrected chi connectivity index (χ0v) is 53.2. The third-order valence-electron chi connectivity index (χ3n) is 16.8. The van der Waals surface area contributed by atoms with E-state index in [0.29, 0.717) is 6.42 Å². The van der Waals surface area contributed by atoms with Gasteiger partial charge in [-0.15, -0.1) is 0 Å². The third-order valence-corrected chi connectivity index (χ3v) is 16.8. The van der Waals surface area contributed by atoms with Gasteiger partial charge in [-0.25, -0.2) is 0 Å². The fraction of sp³-hybridized carbons (Fsp3) is 0.838. The number of unbranched alkanes of at least 4 members (excludes halogenated alkanes) is 27. The Morgan fingerprint density at radius 1 is 0.425 bits per heavy atom. The summed E-state index contributed by atoms with van der Waals surface area (Å²) >= 11 is 0. The van der Waals surface area contributed by atoms with Crippen molar-refractivity contribution in [3.8, 4) is 0 Å². The second-order valence-electron chi connectivity index (χ2n) is 24.3. The predicted molar refractivity (Wildman–Crippen MR) is 337 cm³/mol. The number of aliphatic hydroxyl groups is 11. The van der Waals surface area contributed by atoms with E-state index >= 15 is 0 Å². The van der Waals surface area contributed by atoms with E-state index in [9.17, 15) is 61.0 Å². The highest BCUT2D eigenvalue weighted by Crippen LogP contribution is 2.33. The molecule has 3 heterocycles. The van der Waals surface area contributed by atoms with Crippen molar-refractivity contribution in [3.63, 3.8) is 0 Å². The molecule has 17 unspecified atom stereocenters. The number of amides is 1. The minimum atomic E-state index is -1.98. The van der Waals surface area contributed by atoms with E-state index in [2.05, 4.69) is 67.8 Å². The Morgan fingerprint density at radius 2 is 0.793 bits per heavy atom. The number of carbonyl (C=O) groups is 1. The standard InChI is InChI=1S/C68H121NO18/c1-3-5-7-9-11-12-13-14-15-16-17-18-19-20-21-22-23-24-25-26-27-28-29-30-31-32-33-34-35-36-37-38-40-42-44-46-56(74)69-51(52(73)45-43-41-39-10-8-6-4-2)50-82-66-62(80)59(77)64(54(48-71)84-66)87-68-63(81)60(78)65(55(49-72)85-68)86-67-61(79)58(76)57(75)53(47-70)83-67/h5,7,11-12,14-15,17-18,43,45,51-55,57-68,70-73,75-81H,3-4,6,8-10,13,16,19-42,44,46-50H2,1-2H3,(H,69,74)/b7-5-,12-11-,15-14-,18-17-,45-43+. The topological polar surface area (TPSA) is 307 Å². The Morgan fingerprint density at radius 3 is 1.24 bits per heavy atom. The van der Waals surface area contributed by atoms with Crippen LogP contribution in [0.5, 0.6) is 0 Å². The number of hydrogen-bond donors (Lipinski definition) is 12. The molecule has 3 fully saturated rings. The lowest BCUT2D eigenvalue weighted by Crippen LogP contribution is -2.66. The highest BCUT2D eigenvalue weighted by Gasteiger charge is 2.53. The van der Waals surface area contributed by atoms with Crippen LogP contribution in [0.2, 0.25) is 0 Å². The van der Waals surface area contributed by atoms with E-state index < -0.39 is 124 Å². The molecular weight excluding hydrogens is 1120 g/mol. The lowest BCUT2D eigenvalue weighted by molar-refractivity contribution is -0.379. The molecule has 0 saturated carbocycles. The molecule has 87 heavy (non-hydrogen) atoms. The van der Waals surface area contributed by atoms with Crippen LogP contribution in [0.1, 0.15) is 232 Å². The largest absolute Gasteiger partial charge is 0.394 e. The van der Waals surface area contributed by atoms with Gasteiger partial charge in [0.2, 0.25) is 5.91 Å². The summed E-state index contributed by atoms with van der Waals surface area (Å²) in [5, 5.41) is 120. The maximum atomic E-state index is 13.3. The van der Waals surface area contributed by atoms with Crippen LogP contribution in [-0.2, 0) is 33.2 Å². The van der Waals surface area contributed by atoms with Gasteiger partial charge in [-0.05, 0) is 57.8 Å². The van der Waals surface area contributed by atoms with Crippen molar-refractivity contribution < 1.29 is 89.4 Å². The van der Waals surface area contributed by atoms with Crippen LogP contribution in [0.4, 0.5) is 0 Å². The quantitative estimate of drug-likeness (QED) is 0.0201. The van der Waals surface area contributed by atoms with Crippen molar-refractivity contribution in [2.45, 2.75) is 336 Å². The van der Waals surface area contributed by atoms with E-state index in [-0.39, 0.29) is 18.9 Å². The van der Waals surface area contributed by atoms with Gasteiger partial charge in [0, 0.05) is 6.42 Å². The summed E-state index contributed by atoms with van der Waals surface area (Å²) in [6.07, 6.45) is 34.2. The van der Waals surface area contributed by atoms with Crippen LogP contribution in [-0.4, -0.2) is 193 Å². The Bertz CT molecular complexity index is 1820. The number of rotatable bonds is 51. The van der Waals surface area contributed by atoms with Crippen molar-refractivity contribution in [1.82, 2.24) is 5.32 Å². The Balaban J connectivity index is 1.28. The maximum Gasteiger partial charge on any atom is 0.220 e. The van der Waals surface area contributed by atoms with E-state index in [1.807, 2.05) is 6.08 Å². The molecule has 3 aliphatic rings. The fourth-order valence-corrected chi connectivity index (χ4v) is 11.3. The smallest absolute Gasteiger partial charge is 0.220 e. The van der Waals surface area contributed by atoms with E-state index in [1.54, 1.807) is 6.08 Å². The number of nitrogens with one attached hydrogen (secondary N) is 1. The molecule has 506 valence electrons. The molecule has 0 aromatic rings. The minimum Gasteiger partial charge on any atom is -0.394 e. The summed E-state index contributed by atoms with van der Waals surface area (Å²) in [5.74, 6) is -0.279. The number of allylic oxidation sites excluding steroid dienone is 9. The third kappa shape index (κ3) is 32.6. The van der Waals surface area contributed by atoms with E-state index in [1.165, 1.54) is 122 Å². The Labute approximate surface area is 522 Å². The zero-order valence-electron chi connectivity index (χ0n) is 53.2. The summed E-state index contributed by atoms with van der Waals surface area (Å²) in [5.41, 5.74) is 0. The van der Waals surface area contributed by atoms with Crippen LogP contribution in [0, 0.1) is 0 Å². The predicted octanol–water partition coefficient (Wildman–Crippen LogP) is 8.38. The molecule has 0 radical (unpaired) electrons. The average Bonchev–Trinajstić information content (AvgIpc) is 2.35. The summed E-state index contributed by atoms with van der Waals surface area (Å²) in [7, 11) is 0. The normalized spacial score (nSPS) is 29.0. The van der Waals surface area contributed by atoms with Crippen LogP contribution in [0.15, 0.2) is 60.8 Å². The lowest BCUT2D eigenvalue weighted by Gasteiger charge is -2.48. The summed E-state index contributed by atoms with van der Waals surface area (Å²) in [6, 6.07) is -0.969.